The molecule has 0 spiro atoms. The number of methoxy groups -OCH3 is 1. The molecule has 0 aliphatic carbocycles. The number of H-pyrrole nitrogens is 1. The highest BCUT2D eigenvalue weighted by Gasteiger charge is 2.26. The number of hydrogen-bond donors (Lipinski definition) is 1. The lowest BCUT2D eigenvalue weighted by Crippen LogP contribution is -2.39. The van der Waals surface area contributed by atoms with Crippen LogP contribution in [-0.4, -0.2) is 35.2 Å². The average molecular weight is 361 g/mol. The zero-order valence-electron chi connectivity index (χ0n) is 15.9. The molecule has 3 aromatic rings. The quantitative estimate of drug-likeness (QED) is 0.763. The molecule has 1 fully saturated rings. The summed E-state index contributed by atoms with van der Waals surface area (Å²) in [5.41, 5.74) is 3.22. The minimum Gasteiger partial charge on any atom is -0.496 e. The van der Waals surface area contributed by atoms with Crippen molar-refractivity contribution in [3.63, 3.8) is 0 Å². The molecule has 138 valence electrons. The smallest absolute Gasteiger partial charge is 0.143 e. The van der Waals surface area contributed by atoms with Crippen LogP contribution in [0.15, 0.2) is 30.7 Å². The monoisotopic (exact) mass is 361 g/mol. The van der Waals surface area contributed by atoms with Gasteiger partial charge in [0.15, 0.2) is 0 Å². The van der Waals surface area contributed by atoms with E-state index in [2.05, 4.69) is 39.8 Å². The Bertz CT molecular complexity index is 1010. The second-order valence-electron chi connectivity index (χ2n) is 7.50. The number of piperidine rings is 1. The molecule has 2 aromatic heterocycles. The Balaban J connectivity index is 1.91. The highest BCUT2D eigenvalue weighted by Crippen LogP contribution is 2.39. The lowest BCUT2D eigenvalue weighted by molar-refractivity contribution is 0.356. The summed E-state index contributed by atoms with van der Waals surface area (Å²) in [5.74, 6) is 2.92. The molecular formula is C21H23N5O. The van der Waals surface area contributed by atoms with Crippen LogP contribution in [0.3, 0.4) is 0 Å². The summed E-state index contributed by atoms with van der Waals surface area (Å²) in [4.78, 5) is 14.7. The van der Waals surface area contributed by atoms with Crippen LogP contribution in [0.25, 0.3) is 22.2 Å². The number of fused-ring (bicyclic) bond motifs is 1. The molecular weight excluding hydrogens is 338 g/mol. The minimum absolute atomic E-state index is 0.596. The van der Waals surface area contributed by atoms with E-state index in [4.69, 9.17) is 4.74 Å². The SMILES string of the molecule is COc1ccc(C#N)cc1-c1c[nH]c2ncnc(N3CC(C)CC(C)C3)c12. The third-order valence-electron chi connectivity index (χ3n) is 5.24. The van der Waals surface area contributed by atoms with E-state index in [-0.39, 0.29) is 0 Å². The summed E-state index contributed by atoms with van der Waals surface area (Å²) in [6.45, 7) is 6.55. The predicted molar refractivity (Wildman–Crippen MR) is 106 cm³/mol. The first-order chi connectivity index (χ1) is 13.1. The van der Waals surface area contributed by atoms with E-state index in [1.807, 2.05) is 18.3 Å². The van der Waals surface area contributed by atoms with Crippen molar-refractivity contribution in [2.75, 3.05) is 25.1 Å². The van der Waals surface area contributed by atoms with Crippen LogP contribution in [0.2, 0.25) is 0 Å². The summed E-state index contributed by atoms with van der Waals surface area (Å²) < 4.78 is 5.56. The van der Waals surface area contributed by atoms with Gasteiger partial charge >= 0.3 is 0 Å². The van der Waals surface area contributed by atoms with Gasteiger partial charge in [0.1, 0.15) is 23.5 Å². The van der Waals surface area contributed by atoms with Crippen LogP contribution in [0.1, 0.15) is 25.8 Å². The van der Waals surface area contributed by atoms with Crippen molar-refractivity contribution < 1.29 is 4.74 Å². The molecule has 4 rings (SSSR count). The Labute approximate surface area is 158 Å². The Kier molecular flexibility index (Phi) is 4.44. The summed E-state index contributed by atoms with van der Waals surface area (Å²) >= 11 is 0. The van der Waals surface area contributed by atoms with Gasteiger partial charge in [-0.25, -0.2) is 9.97 Å². The number of ether oxygens (including phenoxy) is 1. The maximum atomic E-state index is 9.32. The van der Waals surface area contributed by atoms with E-state index in [1.54, 1.807) is 19.5 Å². The molecule has 2 atom stereocenters. The number of aromatic amines is 1. The molecule has 0 amide bonds. The lowest BCUT2D eigenvalue weighted by atomic mass is 9.91. The molecule has 0 bridgehead atoms. The first kappa shape index (κ1) is 17.3. The molecule has 1 aromatic carbocycles. The fraction of sp³-hybridized carbons (Fsp3) is 0.381. The van der Waals surface area contributed by atoms with Gasteiger partial charge in [0.25, 0.3) is 0 Å². The minimum atomic E-state index is 0.596. The summed E-state index contributed by atoms with van der Waals surface area (Å²) in [5, 5.41) is 10.3. The molecule has 3 heterocycles. The predicted octanol–water partition coefficient (Wildman–Crippen LogP) is 3.99. The van der Waals surface area contributed by atoms with Gasteiger partial charge in [0, 0.05) is 30.4 Å². The highest BCUT2D eigenvalue weighted by atomic mass is 16.5. The fourth-order valence-electron chi connectivity index (χ4n) is 4.22. The lowest BCUT2D eigenvalue weighted by Gasteiger charge is -2.36. The van der Waals surface area contributed by atoms with Gasteiger partial charge in [-0.3, -0.25) is 0 Å². The maximum absolute atomic E-state index is 9.32. The average Bonchev–Trinajstić information content (AvgIpc) is 3.10. The molecule has 0 saturated carbocycles. The maximum Gasteiger partial charge on any atom is 0.143 e. The molecule has 1 N–H and O–H groups in total. The van der Waals surface area contributed by atoms with Crippen molar-refractivity contribution in [2.45, 2.75) is 20.3 Å². The number of anilines is 1. The van der Waals surface area contributed by atoms with E-state index >= 15 is 0 Å². The number of nitrogens with one attached hydrogen (secondary N) is 1. The topological polar surface area (TPSA) is 77.8 Å². The molecule has 1 saturated heterocycles. The third-order valence-corrected chi connectivity index (χ3v) is 5.24. The highest BCUT2D eigenvalue weighted by molar-refractivity contribution is 6.02. The number of hydrogen-bond acceptors (Lipinski definition) is 5. The Morgan fingerprint density at radius 2 is 1.96 bits per heavy atom. The van der Waals surface area contributed by atoms with Crippen molar-refractivity contribution in [2.24, 2.45) is 11.8 Å². The van der Waals surface area contributed by atoms with Gasteiger partial charge in [-0.15, -0.1) is 0 Å². The summed E-state index contributed by atoms with van der Waals surface area (Å²) in [6.07, 6.45) is 4.78. The summed E-state index contributed by atoms with van der Waals surface area (Å²) in [6, 6.07) is 7.67. The first-order valence-corrected chi connectivity index (χ1v) is 9.26. The zero-order chi connectivity index (χ0) is 19.0. The normalized spacial score (nSPS) is 19.9. The van der Waals surface area contributed by atoms with Crippen molar-refractivity contribution in [3.8, 4) is 22.9 Å². The van der Waals surface area contributed by atoms with Gasteiger partial charge in [0.05, 0.1) is 24.1 Å². The van der Waals surface area contributed by atoms with Gasteiger partial charge in [-0.05, 0) is 36.5 Å². The van der Waals surface area contributed by atoms with Crippen LogP contribution in [-0.2, 0) is 0 Å². The van der Waals surface area contributed by atoms with E-state index in [1.165, 1.54) is 6.42 Å². The molecule has 6 heteroatoms. The molecule has 2 unspecified atom stereocenters. The standard InChI is InChI=1S/C21H23N5O/c1-13-6-14(2)11-26(10-13)21-19-17(9-23-20(19)24-12-25-21)16-7-15(8-22)4-5-18(16)27-3/h4-5,7,9,12-14H,6,10-11H2,1-3H3,(H,23,24,25). The number of nitriles is 1. The van der Waals surface area contributed by atoms with Crippen LogP contribution in [0.5, 0.6) is 5.75 Å². The van der Waals surface area contributed by atoms with Gasteiger partial charge < -0.3 is 14.6 Å². The number of benzene rings is 1. The third kappa shape index (κ3) is 3.10. The summed E-state index contributed by atoms with van der Waals surface area (Å²) in [7, 11) is 1.64. The largest absolute Gasteiger partial charge is 0.496 e. The van der Waals surface area contributed by atoms with E-state index in [9.17, 15) is 5.26 Å². The first-order valence-electron chi connectivity index (χ1n) is 9.26. The number of aromatic nitrogens is 3. The van der Waals surface area contributed by atoms with Crippen LogP contribution >= 0.6 is 0 Å². The molecule has 1 aliphatic heterocycles. The van der Waals surface area contributed by atoms with E-state index in [0.717, 1.165) is 46.8 Å². The van der Waals surface area contributed by atoms with Crippen molar-refractivity contribution in [1.82, 2.24) is 15.0 Å². The molecule has 6 nitrogen and oxygen atoms in total. The van der Waals surface area contributed by atoms with Gasteiger partial charge in [-0.1, -0.05) is 13.8 Å². The molecule has 1 aliphatic rings. The van der Waals surface area contributed by atoms with Gasteiger partial charge in [0.2, 0.25) is 0 Å². The van der Waals surface area contributed by atoms with Crippen molar-refractivity contribution in [1.29, 1.82) is 5.26 Å². The second-order valence-corrected chi connectivity index (χ2v) is 7.50. The number of rotatable bonds is 3. The number of nitrogens with zero attached hydrogens (tertiary/aromatic N) is 4. The van der Waals surface area contributed by atoms with E-state index < -0.39 is 0 Å². The van der Waals surface area contributed by atoms with Crippen LogP contribution in [0.4, 0.5) is 5.82 Å². The van der Waals surface area contributed by atoms with Crippen LogP contribution in [0, 0.1) is 23.2 Å². The molecule has 0 radical (unpaired) electrons. The Hall–Kier alpha value is -3.07. The zero-order valence-corrected chi connectivity index (χ0v) is 15.9. The van der Waals surface area contributed by atoms with E-state index in [0.29, 0.717) is 17.4 Å². The van der Waals surface area contributed by atoms with Gasteiger partial charge in [-0.2, -0.15) is 5.26 Å². The Morgan fingerprint density at radius 1 is 1.19 bits per heavy atom. The Morgan fingerprint density at radius 3 is 2.67 bits per heavy atom. The van der Waals surface area contributed by atoms with Crippen LogP contribution < -0.4 is 9.64 Å². The van der Waals surface area contributed by atoms with Crippen molar-refractivity contribution >= 4 is 16.9 Å². The molecule has 27 heavy (non-hydrogen) atoms. The fourth-order valence-corrected chi connectivity index (χ4v) is 4.22. The van der Waals surface area contributed by atoms with Crippen molar-refractivity contribution in [3.05, 3.63) is 36.3 Å². The second kappa shape index (κ2) is 6.92.